The van der Waals surface area contributed by atoms with E-state index in [1.165, 1.54) is 4.68 Å². The second-order valence-electron chi connectivity index (χ2n) is 7.99. The van der Waals surface area contributed by atoms with Gasteiger partial charge >= 0.3 is 11.2 Å². The number of pyridine rings is 1. The second-order valence-corrected chi connectivity index (χ2v) is 7.99. The van der Waals surface area contributed by atoms with Crippen molar-refractivity contribution >= 4 is 22.9 Å². The first-order chi connectivity index (χ1) is 17.1. The third-order valence-electron chi connectivity index (χ3n) is 5.79. The van der Waals surface area contributed by atoms with E-state index in [-0.39, 0.29) is 11.2 Å². The molecule has 0 bridgehead atoms. The first-order valence-corrected chi connectivity index (χ1v) is 11.6. The lowest BCUT2D eigenvalue weighted by molar-refractivity contribution is 0.634. The van der Waals surface area contributed by atoms with Crippen LogP contribution in [0.25, 0.3) is 22.6 Å². The van der Waals surface area contributed by atoms with Gasteiger partial charge in [-0.2, -0.15) is 9.35 Å². The molecule has 3 N–H and O–H groups in total. The van der Waals surface area contributed by atoms with E-state index in [1.807, 2.05) is 32.0 Å². The zero-order chi connectivity index (χ0) is 24.4. The van der Waals surface area contributed by atoms with Crippen molar-refractivity contribution in [1.82, 2.24) is 34.3 Å². The molecular weight excluding hydrogens is 450 g/mol. The minimum absolute atomic E-state index is 0.227. The van der Waals surface area contributed by atoms with E-state index in [1.54, 1.807) is 18.6 Å². The fourth-order valence-electron chi connectivity index (χ4n) is 4.10. The third-order valence-corrected chi connectivity index (χ3v) is 5.79. The van der Waals surface area contributed by atoms with E-state index in [0.29, 0.717) is 24.5 Å². The SMILES string of the molecule is CCNn1c(=O)c2[nH]c(-c3ccc(N4CCN(c5ncccn5)CC4)nc3)nc2n(NCC)c1=O. The first-order valence-electron chi connectivity index (χ1n) is 11.6. The summed E-state index contributed by atoms with van der Waals surface area (Å²) in [4.78, 5) is 50.9. The van der Waals surface area contributed by atoms with Crippen LogP contribution in [0.2, 0.25) is 0 Å². The second kappa shape index (κ2) is 9.44. The molecule has 4 aromatic rings. The minimum atomic E-state index is -0.530. The van der Waals surface area contributed by atoms with Crippen LogP contribution in [0, 0.1) is 0 Å². The molecule has 0 saturated carbocycles. The van der Waals surface area contributed by atoms with Gasteiger partial charge in [-0.3, -0.25) is 4.79 Å². The summed E-state index contributed by atoms with van der Waals surface area (Å²) in [6.45, 7) is 7.79. The zero-order valence-corrected chi connectivity index (χ0v) is 19.6. The highest BCUT2D eigenvalue weighted by Gasteiger charge is 2.21. The molecule has 182 valence electrons. The quantitative estimate of drug-likeness (QED) is 0.338. The van der Waals surface area contributed by atoms with Gasteiger partial charge in [0.2, 0.25) is 5.95 Å². The number of aromatic nitrogens is 7. The van der Waals surface area contributed by atoms with Crippen molar-refractivity contribution in [2.75, 3.05) is 59.9 Å². The van der Waals surface area contributed by atoms with Gasteiger partial charge in [-0.05, 0) is 32.0 Å². The summed E-state index contributed by atoms with van der Waals surface area (Å²) in [6.07, 6.45) is 5.22. The van der Waals surface area contributed by atoms with Gasteiger partial charge in [0, 0.05) is 63.4 Å². The van der Waals surface area contributed by atoms with Crippen LogP contribution in [0.5, 0.6) is 0 Å². The third kappa shape index (κ3) is 4.16. The number of H-pyrrole nitrogens is 1. The van der Waals surface area contributed by atoms with E-state index >= 15 is 0 Å². The standard InChI is InChI=1S/C22H27N11O2/c1-3-26-32-19-17(20(34)33(22(32)35)27-4-2)28-18(29-19)15-6-7-16(25-14-15)30-10-12-31(13-11-30)21-23-8-5-9-24-21/h5-9,14,26-27H,3-4,10-13H2,1-2H3,(H,28,29). The number of fused-ring (bicyclic) bond motifs is 1. The molecule has 0 aromatic carbocycles. The molecule has 0 spiro atoms. The number of imidazole rings is 1. The largest absolute Gasteiger partial charge is 0.370 e. The highest BCUT2D eigenvalue weighted by Crippen LogP contribution is 2.21. The molecule has 13 nitrogen and oxygen atoms in total. The Morgan fingerprint density at radius 1 is 0.914 bits per heavy atom. The monoisotopic (exact) mass is 477 g/mol. The number of nitrogens with one attached hydrogen (secondary N) is 3. The van der Waals surface area contributed by atoms with Crippen molar-refractivity contribution in [3.63, 3.8) is 0 Å². The van der Waals surface area contributed by atoms with Crippen LogP contribution in [0.15, 0.2) is 46.4 Å². The highest BCUT2D eigenvalue weighted by atomic mass is 16.2. The Labute approximate surface area is 200 Å². The van der Waals surface area contributed by atoms with E-state index in [0.717, 1.165) is 42.6 Å². The van der Waals surface area contributed by atoms with E-state index in [2.05, 4.69) is 45.6 Å². The first kappa shape index (κ1) is 22.4. The number of piperazine rings is 1. The topological polar surface area (TPSA) is 142 Å². The average Bonchev–Trinajstić information content (AvgIpc) is 3.35. The van der Waals surface area contributed by atoms with Crippen molar-refractivity contribution in [2.24, 2.45) is 0 Å². The number of hydrogen-bond donors (Lipinski definition) is 3. The van der Waals surface area contributed by atoms with Gasteiger partial charge < -0.3 is 25.6 Å². The van der Waals surface area contributed by atoms with Crippen molar-refractivity contribution in [3.8, 4) is 11.4 Å². The van der Waals surface area contributed by atoms with Crippen molar-refractivity contribution in [2.45, 2.75) is 13.8 Å². The summed E-state index contributed by atoms with van der Waals surface area (Å²) < 4.78 is 2.26. The lowest BCUT2D eigenvalue weighted by Gasteiger charge is -2.35. The number of anilines is 2. The van der Waals surface area contributed by atoms with Crippen LogP contribution in [-0.2, 0) is 0 Å². The number of aromatic amines is 1. The van der Waals surface area contributed by atoms with Gasteiger partial charge in [-0.1, -0.05) is 0 Å². The highest BCUT2D eigenvalue weighted by molar-refractivity contribution is 5.75. The molecule has 0 amide bonds. The average molecular weight is 478 g/mol. The van der Waals surface area contributed by atoms with Crippen molar-refractivity contribution in [1.29, 1.82) is 0 Å². The molecular formula is C22H27N11O2. The van der Waals surface area contributed by atoms with Crippen LogP contribution >= 0.6 is 0 Å². The number of hydrogen-bond acceptors (Lipinski definition) is 10. The maximum absolute atomic E-state index is 12.9. The smallest absolute Gasteiger partial charge is 0.353 e. The molecule has 5 heterocycles. The molecule has 4 aromatic heterocycles. The molecule has 1 aliphatic heterocycles. The Kier molecular flexibility index (Phi) is 6.04. The van der Waals surface area contributed by atoms with Gasteiger partial charge in [-0.15, -0.1) is 0 Å². The maximum atomic E-state index is 12.9. The lowest BCUT2D eigenvalue weighted by Crippen LogP contribution is -2.47. The van der Waals surface area contributed by atoms with Crippen LogP contribution in [0.3, 0.4) is 0 Å². The Morgan fingerprint density at radius 2 is 1.60 bits per heavy atom. The molecule has 1 aliphatic rings. The maximum Gasteiger partial charge on any atom is 0.370 e. The summed E-state index contributed by atoms with van der Waals surface area (Å²) in [5.41, 5.74) is 5.93. The fraction of sp³-hybridized carbons (Fsp3) is 0.364. The van der Waals surface area contributed by atoms with Crippen LogP contribution in [0.1, 0.15) is 13.8 Å². The van der Waals surface area contributed by atoms with Crippen LogP contribution < -0.4 is 31.9 Å². The van der Waals surface area contributed by atoms with Gasteiger partial charge in [0.05, 0.1) is 0 Å². The van der Waals surface area contributed by atoms with Crippen LogP contribution in [0.4, 0.5) is 11.8 Å². The van der Waals surface area contributed by atoms with Gasteiger partial charge in [0.1, 0.15) is 11.6 Å². The Morgan fingerprint density at radius 3 is 2.26 bits per heavy atom. The Hall–Kier alpha value is -4.42. The molecule has 0 radical (unpaired) electrons. The van der Waals surface area contributed by atoms with Crippen molar-refractivity contribution in [3.05, 3.63) is 57.6 Å². The van der Waals surface area contributed by atoms with E-state index in [9.17, 15) is 9.59 Å². The molecule has 1 fully saturated rings. The van der Waals surface area contributed by atoms with Gasteiger partial charge in [0.15, 0.2) is 11.2 Å². The summed E-state index contributed by atoms with van der Waals surface area (Å²) in [5, 5.41) is 0. The molecule has 13 heteroatoms. The Balaban J connectivity index is 1.39. The molecule has 1 saturated heterocycles. The number of nitrogens with zero attached hydrogens (tertiary/aromatic N) is 8. The van der Waals surface area contributed by atoms with Crippen molar-refractivity contribution < 1.29 is 0 Å². The predicted molar refractivity (Wildman–Crippen MR) is 134 cm³/mol. The van der Waals surface area contributed by atoms with Gasteiger partial charge in [-0.25, -0.2) is 24.7 Å². The normalized spacial score (nSPS) is 13.9. The zero-order valence-electron chi connectivity index (χ0n) is 19.6. The molecule has 5 rings (SSSR count). The number of rotatable bonds is 7. The summed E-state index contributed by atoms with van der Waals surface area (Å²) in [5.74, 6) is 2.06. The minimum Gasteiger partial charge on any atom is -0.353 e. The van der Waals surface area contributed by atoms with E-state index < -0.39 is 11.2 Å². The van der Waals surface area contributed by atoms with E-state index in [4.69, 9.17) is 0 Å². The van der Waals surface area contributed by atoms with Crippen LogP contribution in [-0.4, -0.2) is 73.5 Å². The summed E-state index contributed by atoms with van der Waals surface area (Å²) in [7, 11) is 0. The van der Waals surface area contributed by atoms with Gasteiger partial charge in [0.25, 0.3) is 0 Å². The predicted octanol–water partition coefficient (Wildman–Crippen LogP) is 0.192. The lowest BCUT2D eigenvalue weighted by atomic mass is 10.2. The molecule has 0 unspecified atom stereocenters. The molecule has 35 heavy (non-hydrogen) atoms. The summed E-state index contributed by atoms with van der Waals surface area (Å²) in [6, 6.07) is 5.65. The molecule has 0 aliphatic carbocycles. The molecule has 0 atom stereocenters. The Bertz CT molecular complexity index is 1420. The fourth-order valence-corrected chi connectivity index (χ4v) is 4.10. The summed E-state index contributed by atoms with van der Waals surface area (Å²) >= 11 is 0.